The topological polar surface area (TPSA) is 95.5 Å². The fourth-order valence-corrected chi connectivity index (χ4v) is 3.90. The van der Waals surface area contributed by atoms with Gasteiger partial charge in [-0.1, -0.05) is 0 Å². The number of aromatic nitrogens is 2. The molecular weight excluding hydrogens is 400 g/mol. The summed E-state index contributed by atoms with van der Waals surface area (Å²) in [5.74, 6) is -1.75. The molecule has 0 amide bonds. The number of thiazole rings is 2. The number of hydrogen-bond acceptors (Lipinski definition) is 9. The highest BCUT2D eigenvalue weighted by Crippen LogP contribution is 2.20. The van der Waals surface area contributed by atoms with Gasteiger partial charge in [0.2, 0.25) is 5.78 Å². The fraction of sp³-hybridized carbons (Fsp3) is 0.105. The average molecular weight is 412 g/mol. The summed E-state index contributed by atoms with van der Waals surface area (Å²) >= 11 is 2.81. The van der Waals surface area contributed by atoms with Gasteiger partial charge in [-0.05, 0) is 36.4 Å². The Morgan fingerprint density at radius 3 is 1.68 bits per heavy atom. The van der Waals surface area contributed by atoms with Crippen LogP contribution in [0, 0.1) is 0 Å². The van der Waals surface area contributed by atoms with Gasteiger partial charge in [-0.25, -0.2) is 19.6 Å². The van der Waals surface area contributed by atoms with E-state index in [1.54, 1.807) is 47.4 Å². The first-order valence-electron chi connectivity index (χ1n) is 8.12. The van der Waals surface area contributed by atoms with Crippen LogP contribution in [0.4, 0.5) is 0 Å². The standard InChI is InChI=1S/C19H12N2O5S2/c22-13(7-25-18(23)11-1-3-14-16(5-11)27-9-20-14)8-26-19(24)12-2-4-15-17(6-12)28-10-21-15/h1-6,9-10H,7-8H2. The zero-order valence-corrected chi connectivity index (χ0v) is 15.9. The second-order valence-electron chi connectivity index (χ2n) is 5.76. The van der Waals surface area contributed by atoms with Crippen molar-refractivity contribution in [2.24, 2.45) is 0 Å². The minimum Gasteiger partial charge on any atom is -0.454 e. The van der Waals surface area contributed by atoms with Crippen LogP contribution in [0.15, 0.2) is 47.4 Å². The maximum Gasteiger partial charge on any atom is 0.338 e. The maximum atomic E-state index is 12.1. The van der Waals surface area contributed by atoms with Crippen molar-refractivity contribution in [3.8, 4) is 0 Å². The van der Waals surface area contributed by atoms with E-state index in [4.69, 9.17) is 9.47 Å². The summed E-state index contributed by atoms with van der Waals surface area (Å²) in [6.07, 6.45) is 0. The van der Waals surface area contributed by atoms with Crippen molar-refractivity contribution in [1.29, 1.82) is 0 Å². The maximum absolute atomic E-state index is 12.1. The van der Waals surface area contributed by atoms with Gasteiger partial charge in [-0.3, -0.25) is 4.79 Å². The first-order chi connectivity index (χ1) is 13.6. The molecule has 7 nitrogen and oxygen atoms in total. The van der Waals surface area contributed by atoms with Gasteiger partial charge < -0.3 is 9.47 Å². The highest BCUT2D eigenvalue weighted by atomic mass is 32.1. The molecule has 0 aliphatic heterocycles. The molecule has 0 aliphatic rings. The summed E-state index contributed by atoms with van der Waals surface area (Å²) in [5, 5.41) is 0. The molecule has 0 aliphatic carbocycles. The second-order valence-corrected chi connectivity index (χ2v) is 7.53. The smallest absolute Gasteiger partial charge is 0.338 e. The molecule has 140 valence electrons. The number of hydrogen-bond donors (Lipinski definition) is 0. The van der Waals surface area contributed by atoms with Crippen LogP contribution in [0.3, 0.4) is 0 Å². The van der Waals surface area contributed by atoms with Crippen LogP contribution in [0.2, 0.25) is 0 Å². The van der Waals surface area contributed by atoms with E-state index in [0.29, 0.717) is 11.1 Å². The molecule has 9 heteroatoms. The van der Waals surface area contributed by atoms with Crippen LogP contribution < -0.4 is 0 Å². The zero-order valence-electron chi connectivity index (χ0n) is 14.3. The fourth-order valence-electron chi connectivity index (χ4n) is 2.46. The Labute approximate surface area is 166 Å². The minimum atomic E-state index is -0.620. The summed E-state index contributed by atoms with van der Waals surface area (Å²) in [6, 6.07) is 9.93. The lowest BCUT2D eigenvalue weighted by atomic mass is 10.2. The lowest BCUT2D eigenvalue weighted by molar-refractivity contribution is -0.125. The molecule has 2 aromatic heterocycles. The van der Waals surface area contributed by atoms with Crippen molar-refractivity contribution in [2.45, 2.75) is 0 Å². The van der Waals surface area contributed by atoms with Crippen molar-refractivity contribution in [1.82, 2.24) is 9.97 Å². The number of rotatable bonds is 6. The van der Waals surface area contributed by atoms with Gasteiger partial charge in [0.25, 0.3) is 0 Å². The number of esters is 2. The largest absolute Gasteiger partial charge is 0.454 e. The minimum absolute atomic E-state index is 0.333. The van der Waals surface area contributed by atoms with E-state index in [1.165, 1.54) is 22.7 Å². The molecule has 0 radical (unpaired) electrons. The third kappa shape index (κ3) is 3.90. The molecule has 4 aromatic rings. The monoisotopic (exact) mass is 412 g/mol. The third-order valence-electron chi connectivity index (χ3n) is 3.86. The van der Waals surface area contributed by atoms with Crippen molar-refractivity contribution >= 4 is 60.8 Å². The Morgan fingerprint density at radius 2 is 1.21 bits per heavy atom. The molecule has 0 N–H and O–H groups in total. The Balaban J connectivity index is 1.29. The highest BCUT2D eigenvalue weighted by Gasteiger charge is 2.15. The first-order valence-corrected chi connectivity index (χ1v) is 9.88. The van der Waals surface area contributed by atoms with Gasteiger partial charge in [-0.15, -0.1) is 22.7 Å². The number of carbonyl (C=O) groups is 3. The van der Waals surface area contributed by atoms with E-state index in [2.05, 4.69) is 9.97 Å². The summed E-state index contributed by atoms with van der Waals surface area (Å²) in [5.41, 5.74) is 5.62. The number of nitrogens with zero attached hydrogens (tertiary/aromatic N) is 2. The Morgan fingerprint density at radius 1 is 0.750 bits per heavy atom. The summed E-state index contributed by atoms with van der Waals surface area (Å²) in [7, 11) is 0. The number of ketones is 1. The molecule has 0 atom stereocenters. The molecule has 2 heterocycles. The normalized spacial score (nSPS) is 10.9. The Bertz CT molecular complexity index is 1110. The predicted molar refractivity (Wildman–Crippen MR) is 105 cm³/mol. The van der Waals surface area contributed by atoms with Crippen molar-refractivity contribution in [3.63, 3.8) is 0 Å². The van der Waals surface area contributed by atoms with Crippen LogP contribution >= 0.6 is 22.7 Å². The molecule has 0 bridgehead atoms. The molecule has 0 spiro atoms. The number of Topliss-reactive ketones (excluding diaryl/α,β-unsaturated/α-hetero) is 1. The third-order valence-corrected chi connectivity index (χ3v) is 5.45. The second kappa shape index (κ2) is 7.83. The van der Waals surface area contributed by atoms with Crippen LogP contribution in [0.25, 0.3) is 20.4 Å². The summed E-state index contributed by atoms with van der Waals surface area (Å²) < 4.78 is 11.7. The Hall–Kier alpha value is -3.17. The molecule has 28 heavy (non-hydrogen) atoms. The number of benzene rings is 2. The number of ether oxygens (including phenoxy) is 2. The molecule has 4 rings (SSSR count). The number of fused-ring (bicyclic) bond motifs is 2. The predicted octanol–water partition coefficient (Wildman–Crippen LogP) is 3.49. The molecule has 0 saturated carbocycles. The highest BCUT2D eigenvalue weighted by molar-refractivity contribution is 7.17. The molecule has 0 saturated heterocycles. The van der Waals surface area contributed by atoms with Gasteiger partial charge in [-0.2, -0.15) is 0 Å². The van der Waals surface area contributed by atoms with Crippen LogP contribution in [-0.2, 0) is 14.3 Å². The molecular formula is C19H12N2O5S2. The van der Waals surface area contributed by atoms with Gasteiger partial charge in [0, 0.05) is 0 Å². The van der Waals surface area contributed by atoms with Crippen LogP contribution in [0.1, 0.15) is 20.7 Å². The molecule has 0 fully saturated rings. The average Bonchev–Trinajstić information content (AvgIpc) is 3.37. The zero-order chi connectivity index (χ0) is 19.5. The van der Waals surface area contributed by atoms with E-state index in [1.807, 2.05) is 0 Å². The van der Waals surface area contributed by atoms with Gasteiger partial charge in [0.05, 0.1) is 42.6 Å². The Kier molecular flexibility index (Phi) is 5.09. The van der Waals surface area contributed by atoms with Crippen LogP contribution in [0.5, 0.6) is 0 Å². The van der Waals surface area contributed by atoms with Crippen LogP contribution in [-0.4, -0.2) is 40.9 Å². The van der Waals surface area contributed by atoms with E-state index in [0.717, 1.165) is 20.4 Å². The summed E-state index contributed by atoms with van der Waals surface area (Å²) in [4.78, 5) is 44.3. The molecule has 0 unspecified atom stereocenters. The van der Waals surface area contributed by atoms with Crippen molar-refractivity contribution in [2.75, 3.05) is 13.2 Å². The van der Waals surface area contributed by atoms with E-state index in [-0.39, 0.29) is 0 Å². The van der Waals surface area contributed by atoms with Crippen molar-refractivity contribution in [3.05, 3.63) is 58.5 Å². The molecule has 2 aromatic carbocycles. The van der Waals surface area contributed by atoms with E-state index < -0.39 is 30.9 Å². The SMILES string of the molecule is O=C(COC(=O)c1ccc2ncsc2c1)COC(=O)c1ccc2ncsc2c1. The lowest BCUT2D eigenvalue weighted by Gasteiger charge is -2.06. The van der Waals surface area contributed by atoms with E-state index >= 15 is 0 Å². The van der Waals surface area contributed by atoms with Gasteiger partial charge >= 0.3 is 11.9 Å². The number of carbonyl (C=O) groups excluding carboxylic acids is 3. The lowest BCUT2D eigenvalue weighted by Crippen LogP contribution is -2.20. The first kappa shape index (κ1) is 18.2. The van der Waals surface area contributed by atoms with Crippen molar-refractivity contribution < 1.29 is 23.9 Å². The summed E-state index contributed by atoms with van der Waals surface area (Å²) in [6.45, 7) is -0.943. The quantitative estimate of drug-likeness (QED) is 0.447. The van der Waals surface area contributed by atoms with Gasteiger partial charge in [0.1, 0.15) is 0 Å². The van der Waals surface area contributed by atoms with Gasteiger partial charge in [0.15, 0.2) is 13.2 Å². The van der Waals surface area contributed by atoms with E-state index in [9.17, 15) is 14.4 Å².